The number of nitrogens with one attached hydrogen (secondary N) is 1. The van der Waals surface area contributed by atoms with Crippen LogP contribution >= 0.6 is 11.6 Å². The number of fused-ring (bicyclic) bond motifs is 1. The zero-order chi connectivity index (χ0) is 22.8. The Balaban J connectivity index is 1.78. The van der Waals surface area contributed by atoms with Crippen molar-refractivity contribution in [2.75, 3.05) is 18.5 Å². The summed E-state index contributed by atoms with van der Waals surface area (Å²) in [5.74, 6) is -0.165. The van der Waals surface area contributed by atoms with Gasteiger partial charge in [-0.1, -0.05) is 11.6 Å². The smallest absolute Gasteiger partial charge is 0.422 e. The van der Waals surface area contributed by atoms with Crippen LogP contribution in [0.5, 0.6) is 5.88 Å². The van der Waals surface area contributed by atoms with Crippen molar-refractivity contribution in [1.82, 2.24) is 15.0 Å². The van der Waals surface area contributed by atoms with Crippen molar-refractivity contribution in [2.45, 2.75) is 32.6 Å². The van der Waals surface area contributed by atoms with E-state index in [0.717, 1.165) is 0 Å². The number of nitrogens with zero attached hydrogens (tertiary/aromatic N) is 4. The molecule has 1 unspecified atom stereocenters. The number of anilines is 1. The minimum Gasteiger partial charge on any atom is -0.467 e. The van der Waals surface area contributed by atoms with E-state index in [9.17, 15) is 22.9 Å². The minimum absolute atomic E-state index is 0.111. The number of carbonyl (C=O) groups excluding carboxylic acids is 1. The molecule has 0 bridgehead atoms. The lowest BCUT2D eigenvalue weighted by molar-refractivity contribution is -0.644. The maximum absolute atomic E-state index is 12.8. The van der Waals surface area contributed by atoms with Gasteiger partial charge in [-0.05, 0) is 19.9 Å². The summed E-state index contributed by atoms with van der Waals surface area (Å²) < 4.78 is 46.4. The van der Waals surface area contributed by atoms with Crippen molar-refractivity contribution in [1.29, 1.82) is 0 Å². The molecule has 0 saturated carbocycles. The number of rotatable bonds is 6. The summed E-state index contributed by atoms with van der Waals surface area (Å²) in [6.07, 6.45) is -2.55. The fraction of sp³-hybridized carbons (Fsp3) is 0.389. The van der Waals surface area contributed by atoms with Crippen molar-refractivity contribution >= 4 is 29.2 Å². The highest BCUT2D eigenvalue weighted by Gasteiger charge is 2.42. The van der Waals surface area contributed by atoms with E-state index in [4.69, 9.17) is 16.3 Å². The fourth-order valence-corrected chi connectivity index (χ4v) is 3.17. The largest absolute Gasteiger partial charge is 0.467 e. The number of hydrogen-bond donors (Lipinski definition) is 1. The fourth-order valence-electron chi connectivity index (χ4n) is 2.94. The van der Waals surface area contributed by atoms with E-state index in [1.165, 1.54) is 29.5 Å². The molecule has 1 N–H and O–H groups in total. The molecule has 166 valence electrons. The highest BCUT2D eigenvalue weighted by molar-refractivity contribution is 6.31. The van der Waals surface area contributed by atoms with Gasteiger partial charge in [-0.25, -0.2) is 14.8 Å². The summed E-state index contributed by atoms with van der Waals surface area (Å²) in [5.41, 5.74) is 1.25. The number of halogens is 4. The van der Waals surface area contributed by atoms with Crippen molar-refractivity contribution in [3.05, 3.63) is 45.6 Å². The summed E-state index contributed by atoms with van der Waals surface area (Å²) in [5, 5.41) is 3.81. The molecule has 0 aromatic carbocycles. The van der Waals surface area contributed by atoms with Crippen LogP contribution in [0.15, 0.2) is 24.5 Å². The van der Waals surface area contributed by atoms with E-state index < -0.39 is 24.9 Å². The number of carbonyl (C=O) groups is 1. The summed E-state index contributed by atoms with van der Waals surface area (Å²) >= 11 is 6.01. The highest BCUT2D eigenvalue weighted by Crippen LogP contribution is 2.38. The van der Waals surface area contributed by atoms with Gasteiger partial charge >= 0.3 is 18.0 Å². The zero-order valence-corrected chi connectivity index (χ0v) is 17.2. The topological polar surface area (TPSA) is 96.7 Å². The molecular weight excluding hydrogens is 443 g/mol. The summed E-state index contributed by atoms with van der Waals surface area (Å²) in [7, 11) is 0. The Labute approximate surface area is 179 Å². The molecule has 0 aliphatic carbocycles. The summed E-state index contributed by atoms with van der Waals surface area (Å²) in [6.45, 7) is 2.12. The molecule has 1 aliphatic heterocycles. The second-order valence-corrected chi connectivity index (χ2v) is 6.92. The molecule has 1 aliphatic rings. The Kier molecular flexibility index (Phi) is 6.48. The van der Waals surface area contributed by atoms with Gasteiger partial charge in [0.05, 0.1) is 17.1 Å². The lowest BCUT2D eigenvalue weighted by atomic mass is 10.1. The number of nitroso groups, excluding NO2 is 1. The summed E-state index contributed by atoms with van der Waals surface area (Å²) in [6, 6.07) is 2.34. The van der Waals surface area contributed by atoms with Crippen LogP contribution in [0.4, 0.5) is 29.5 Å². The van der Waals surface area contributed by atoms with Gasteiger partial charge in [0.1, 0.15) is 23.4 Å². The summed E-state index contributed by atoms with van der Waals surface area (Å²) in [4.78, 5) is 33.1. The number of ether oxygens (including phenoxy) is 2. The van der Waals surface area contributed by atoms with Crippen molar-refractivity contribution in [3.8, 4) is 5.88 Å². The number of hydrazine groups is 1. The standard InChI is InChI=1S/C18H17ClF3N5O4/c1-3-30-17(28)25-15-12-8-26(27(29)14(12)4-5-23-15)10(2)11-6-13(19)16(24-7-11)31-9-18(20,21)22/h4-7,10H,3,8-9H2,1-2H3/p+1. The van der Waals surface area contributed by atoms with Crippen LogP contribution in [0.2, 0.25) is 5.02 Å². The van der Waals surface area contributed by atoms with Gasteiger partial charge in [0.2, 0.25) is 5.88 Å². The van der Waals surface area contributed by atoms with Crippen molar-refractivity contribution < 1.29 is 32.3 Å². The van der Waals surface area contributed by atoms with E-state index in [2.05, 4.69) is 20.0 Å². The van der Waals surface area contributed by atoms with Crippen LogP contribution in [0, 0.1) is 4.91 Å². The normalized spacial score (nSPS) is 14.3. The Morgan fingerprint density at radius 2 is 2.16 bits per heavy atom. The predicted molar refractivity (Wildman–Crippen MR) is 103 cm³/mol. The van der Waals surface area contributed by atoms with Crippen LogP contribution < -0.4 is 10.1 Å². The monoisotopic (exact) mass is 460 g/mol. The number of alkyl halides is 3. The Hall–Kier alpha value is -3.15. The Bertz CT molecular complexity index is 1000. The van der Waals surface area contributed by atoms with Gasteiger partial charge in [-0.15, -0.1) is 5.01 Å². The third kappa shape index (κ3) is 5.13. The van der Waals surface area contributed by atoms with Gasteiger partial charge < -0.3 is 9.47 Å². The third-order valence-corrected chi connectivity index (χ3v) is 4.69. The van der Waals surface area contributed by atoms with E-state index in [0.29, 0.717) is 16.0 Å². The first-order valence-corrected chi connectivity index (χ1v) is 9.49. The lowest BCUT2D eigenvalue weighted by Crippen LogP contribution is -2.28. The van der Waals surface area contributed by atoms with E-state index in [1.807, 2.05) is 0 Å². The van der Waals surface area contributed by atoms with Gasteiger partial charge in [0.25, 0.3) is 0 Å². The van der Waals surface area contributed by atoms with Crippen molar-refractivity contribution in [2.24, 2.45) is 0 Å². The van der Waals surface area contributed by atoms with E-state index >= 15 is 0 Å². The molecule has 2 aromatic heterocycles. The van der Waals surface area contributed by atoms with Crippen LogP contribution in [0.3, 0.4) is 0 Å². The molecule has 13 heteroatoms. The second kappa shape index (κ2) is 8.92. The number of pyridine rings is 2. The van der Waals surface area contributed by atoms with Crippen molar-refractivity contribution in [3.63, 3.8) is 0 Å². The second-order valence-electron chi connectivity index (χ2n) is 6.51. The Morgan fingerprint density at radius 3 is 2.81 bits per heavy atom. The van der Waals surface area contributed by atoms with Gasteiger partial charge in [0, 0.05) is 24.0 Å². The molecule has 2 aromatic rings. The molecule has 0 radical (unpaired) electrons. The molecule has 1 amide bonds. The van der Waals surface area contributed by atoms with Gasteiger partial charge in [-0.3, -0.25) is 5.32 Å². The molecule has 0 spiro atoms. The zero-order valence-electron chi connectivity index (χ0n) is 16.4. The third-order valence-electron chi connectivity index (χ3n) is 4.42. The van der Waals surface area contributed by atoms with E-state index in [1.54, 1.807) is 13.8 Å². The number of hydrogen-bond acceptors (Lipinski definition) is 6. The molecule has 3 rings (SSSR count). The van der Waals surface area contributed by atoms with Crippen LogP contribution in [0.25, 0.3) is 0 Å². The van der Waals surface area contributed by atoms with Crippen LogP contribution in [0.1, 0.15) is 31.0 Å². The quantitative estimate of drug-likeness (QED) is 0.632. The molecular formula is C18H18ClF3N5O4+. The average molecular weight is 461 g/mol. The SMILES string of the molecule is CCOC(=O)Nc1nccc2c1CN(C(C)c1cnc(OCC(F)(F)F)c(Cl)c1)[N+]2=O. The van der Waals surface area contributed by atoms with Crippen LogP contribution in [-0.4, -0.2) is 45.3 Å². The molecule has 3 heterocycles. The lowest BCUT2D eigenvalue weighted by Gasteiger charge is -2.18. The van der Waals surface area contributed by atoms with E-state index in [-0.39, 0.29) is 35.6 Å². The first kappa shape index (κ1) is 22.5. The molecule has 0 fully saturated rings. The maximum atomic E-state index is 12.8. The number of aromatic nitrogens is 2. The predicted octanol–water partition coefficient (Wildman–Crippen LogP) is 4.54. The minimum atomic E-state index is -4.52. The van der Waals surface area contributed by atoms with Gasteiger partial charge in [0.15, 0.2) is 11.5 Å². The molecule has 1 atom stereocenters. The van der Waals surface area contributed by atoms with Crippen LogP contribution in [-0.2, 0) is 11.3 Å². The van der Waals surface area contributed by atoms with Gasteiger partial charge in [-0.2, -0.15) is 13.2 Å². The molecule has 31 heavy (non-hydrogen) atoms. The maximum Gasteiger partial charge on any atom is 0.422 e. The molecule has 0 saturated heterocycles. The molecule has 9 nitrogen and oxygen atoms in total. The highest BCUT2D eigenvalue weighted by atomic mass is 35.5. The average Bonchev–Trinajstić information content (AvgIpc) is 3.04. The first-order valence-electron chi connectivity index (χ1n) is 9.11. The Morgan fingerprint density at radius 1 is 1.42 bits per heavy atom. The number of amides is 1. The first-order chi connectivity index (χ1) is 14.6.